The van der Waals surface area contributed by atoms with E-state index >= 15 is 0 Å². The molecule has 0 spiro atoms. The van der Waals surface area contributed by atoms with Crippen molar-refractivity contribution in [2.45, 2.75) is 70.8 Å². The Hall–Kier alpha value is -0.730. The van der Waals surface area contributed by atoms with Crippen LogP contribution in [0.25, 0.3) is 0 Å². The molecular formula is C18H29ClO2. The molecule has 0 fully saturated rings. The highest BCUT2D eigenvalue weighted by molar-refractivity contribution is 6.31. The minimum absolute atomic E-state index is 0.534. The molecule has 1 unspecified atom stereocenters. The summed E-state index contributed by atoms with van der Waals surface area (Å²) < 4.78 is 5.29. The van der Waals surface area contributed by atoms with Gasteiger partial charge in [-0.05, 0) is 18.6 Å². The largest absolute Gasteiger partial charge is 0.496 e. The molecule has 0 heterocycles. The average Bonchev–Trinajstić information content (AvgIpc) is 2.49. The van der Waals surface area contributed by atoms with Gasteiger partial charge in [0.1, 0.15) is 5.75 Å². The molecule has 0 amide bonds. The average molecular weight is 313 g/mol. The molecule has 0 saturated heterocycles. The van der Waals surface area contributed by atoms with Gasteiger partial charge in [0.2, 0.25) is 0 Å². The van der Waals surface area contributed by atoms with Crippen molar-refractivity contribution in [2.24, 2.45) is 0 Å². The van der Waals surface area contributed by atoms with Crippen molar-refractivity contribution >= 4 is 11.6 Å². The van der Waals surface area contributed by atoms with Crippen LogP contribution in [0.1, 0.15) is 76.4 Å². The number of aliphatic hydroxyl groups excluding tert-OH is 1. The highest BCUT2D eigenvalue weighted by Crippen LogP contribution is 2.34. The zero-order valence-corrected chi connectivity index (χ0v) is 14.2. The number of methoxy groups -OCH3 is 1. The zero-order chi connectivity index (χ0) is 15.5. The SMILES string of the molecule is CCCCCCCCCCC(O)c1c(Cl)cccc1OC. The highest BCUT2D eigenvalue weighted by Gasteiger charge is 2.16. The van der Waals surface area contributed by atoms with Crippen molar-refractivity contribution in [1.29, 1.82) is 0 Å². The number of benzene rings is 1. The quantitative estimate of drug-likeness (QED) is 0.514. The summed E-state index contributed by atoms with van der Waals surface area (Å²) >= 11 is 6.17. The lowest BCUT2D eigenvalue weighted by molar-refractivity contribution is 0.159. The van der Waals surface area contributed by atoms with Gasteiger partial charge in [0.25, 0.3) is 0 Å². The predicted molar refractivity (Wildman–Crippen MR) is 90.2 cm³/mol. The number of hydrogen-bond acceptors (Lipinski definition) is 2. The lowest BCUT2D eigenvalue weighted by Gasteiger charge is -2.16. The lowest BCUT2D eigenvalue weighted by atomic mass is 10.0. The van der Waals surface area contributed by atoms with E-state index in [1.54, 1.807) is 13.2 Å². The Balaban J connectivity index is 2.26. The first-order valence-electron chi connectivity index (χ1n) is 8.21. The van der Waals surface area contributed by atoms with Crippen LogP contribution in [0.4, 0.5) is 0 Å². The van der Waals surface area contributed by atoms with Crippen LogP contribution < -0.4 is 4.74 Å². The molecular weight excluding hydrogens is 284 g/mol. The summed E-state index contributed by atoms with van der Waals surface area (Å²) in [5, 5.41) is 10.9. The maximum absolute atomic E-state index is 10.3. The van der Waals surface area contributed by atoms with Gasteiger partial charge in [-0.2, -0.15) is 0 Å². The first kappa shape index (κ1) is 18.3. The third-order valence-corrected chi connectivity index (χ3v) is 4.23. The smallest absolute Gasteiger partial charge is 0.126 e. The monoisotopic (exact) mass is 312 g/mol. The number of halogens is 1. The molecule has 0 aromatic heterocycles. The van der Waals surface area contributed by atoms with Crippen molar-refractivity contribution in [3.05, 3.63) is 28.8 Å². The summed E-state index contributed by atoms with van der Waals surface area (Å²) in [5.74, 6) is 0.676. The van der Waals surface area contributed by atoms with Gasteiger partial charge in [0.15, 0.2) is 0 Å². The van der Waals surface area contributed by atoms with Crippen molar-refractivity contribution in [3.63, 3.8) is 0 Å². The third-order valence-electron chi connectivity index (χ3n) is 3.90. The molecule has 1 aromatic carbocycles. The second-order valence-electron chi connectivity index (χ2n) is 5.64. The van der Waals surface area contributed by atoms with E-state index in [1.807, 2.05) is 12.1 Å². The molecule has 1 N–H and O–H groups in total. The first-order valence-corrected chi connectivity index (χ1v) is 8.59. The van der Waals surface area contributed by atoms with Gasteiger partial charge in [-0.3, -0.25) is 0 Å². The second kappa shape index (κ2) is 10.9. The van der Waals surface area contributed by atoms with Gasteiger partial charge in [-0.15, -0.1) is 0 Å². The summed E-state index contributed by atoms with van der Waals surface area (Å²) in [6, 6.07) is 5.49. The molecule has 1 atom stereocenters. The molecule has 3 heteroatoms. The standard InChI is InChI=1S/C18H29ClO2/c1-3-4-5-6-7-8-9-10-13-16(20)18-15(19)12-11-14-17(18)21-2/h11-12,14,16,20H,3-10,13H2,1-2H3. The Labute approximate surface area is 134 Å². The number of ether oxygens (including phenoxy) is 1. The van der Waals surface area contributed by atoms with E-state index in [9.17, 15) is 5.11 Å². The van der Waals surface area contributed by atoms with Gasteiger partial charge < -0.3 is 9.84 Å². The Morgan fingerprint density at radius 3 is 2.29 bits per heavy atom. The number of unbranched alkanes of at least 4 members (excludes halogenated alkanes) is 7. The molecule has 0 saturated carbocycles. The Bertz CT molecular complexity index is 393. The van der Waals surface area contributed by atoms with Crippen LogP contribution in [0.15, 0.2) is 18.2 Å². The van der Waals surface area contributed by atoms with Crippen molar-refractivity contribution in [2.75, 3.05) is 7.11 Å². The van der Waals surface area contributed by atoms with Crippen LogP contribution in [0.5, 0.6) is 5.75 Å². The second-order valence-corrected chi connectivity index (χ2v) is 6.04. The fraction of sp³-hybridized carbons (Fsp3) is 0.667. The number of aliphatic hydroxyl groups is 1. The van der Waals surface area contributed by atoms with E-state index < -0.39 is 6.10 Å². The fourth-order valence-corrected chi connectivity index (χ4v) is 2.93. The van der Waals surface area contributed by atoms with Gasteiger partial charge in [-0.1, -0.05) is 76.0 Å². The van der Waals surface area contributed by atoms with Crippen LogP contribution >= 0.6 is 11.6 Å². The van der Waals surface area contributed by atoms with Gasteiger partial charge in [0, 0.05) is 5.56 Å². The maximum atomic E-state index is 10.3. The van der Waals surface area contributed by atoms with Crippen LogP contribution in [0, 0.1) is 0 Å². The summed E-state index contributed by atoms with van der Waals surface area (Å²) in [7, 11) is 1.61. The normalized spacial score (nSPS) is 12.4. The number of hydrogen-bond donors (Lipinski definition) is 1. The van der Waals surface area contributed by atoms with Crippen molar-refractivity contribution < 1.29 is 9.84 Å². The Morgan fingerprint density at radius 1 is 1.05 bits per heavy atom. The van der Waals surface area contributed by atoms with E-state index in [1.165, 1.54) is 44.9 Å². The molecule has 0 radical (unpaired) electrons. The first-order chi connectivity index (χ1) is 10.2. The molecule has 1 rings (SSSR count). The molecule has 21 heavy (non-hydrogen) atoms. The minimum atomic E-state index is -0.534. The molecule has 0 aliphatic carbocycles. The predicted octanol–water partition coefficient (Wildman–Crippen LogP) is 5.91. The Kier molecular flexibility index (Phi) is 9.53. The molecule has 0 bridgehead atoms. The minimum Gasteiger partial charge on any atom is -0.496 e. The van der Waals surface area contributed by atoms with Gasteiger partial charge in [-0.25, -0.2) is 0 Å². The summed E-state index contributed by atoms with van der Waals surface area (Å²) in [4.78, 5) is 0. The van der Waals surface area contributed by atoms with E-state index in [0.717, 1.165) is 18.4 Å². The molecule has 2 nitrogen and oxygen atoms in total. The molecule has 1 aromatic rings. The zero-order valence-electron chi connectivity index (χ0n) is 13.4. The highest BCUT2D eigenvalue weighted by atomic mass is 35.5. The van der Waals surface area contributed by atoms with Gasteiger partial charge >= 0.3 is 0 Å². The van der Waals surface area contributed by atoms with E-state index in [2.05, 4.69) is 6.92 Å². The maximum Gasteiger partial charge on any atom is 0.126 e. The lowest BCUT2D eigenvalue weighted by Crippen LogP contribution is -2.01. The molecule has 0 aliphatic heterocycles. The Morgan fingerprint density at radius 2 is 1.67 bits per heavy atom. The van der Waals surface area contributed by atoms with Crippen molar-refractivity contribution in [1.82, 2.24) is 0 Å². The van der Waals surface area contributed by atoms with Crippen LogP contribution in [0.2, 0.25) is 5.02 Å². The summed E-state index contributed by atoms with van der Waals surface area (Å²) in [6.07, 6.45) is 10.3. The van der Waals surface area contributed by atoms with Crippen LogP contribution in [-0.2, 0) is 0 Å². The van der Waals surface area contributed by atoms with Crippen LogP contribution in [-0.4, -0.2) is 12.2 Å². The van der Waals surface area contributed by atoms with E-state index in [0.29, 0.717) is 10.8 Å². The number of rotatable bonds is 11. The summed E-state index contributed by atoms with van der Waals surface area (Å²) in [6.45, 7) is 2.24. The molecule has 0 aliphatic rings. The summed E-state index contributed by atoms with van der Waals surface area (Å²) in [5.41, 5.74) is 0.726. The third kappa shape index (κ3) is 6.71. The van der Waals surface area contributed by atoms with Crippen molar-refractivity contribution in [3.8, 4) is 5.75 Å². The van der Waals surface area contributed by atoms with Gasteiger partial charge in [0.05, 0.1) is 18.2 Å². The fourth-order valence-electron chi connectivity index (χ4n) is 2.63. The molecule has 120 valence electrons. The van der Waals surface area contributed by atoms with E-state index in [4.69, 9.17) is 16.3 Å². The van der Waals surface area contributed by atoms with E-state index in [-0.39, 0.29) is 0 Å². The topological polar surface area (TPSA) is 29.5 Å². The van der Waals surface area contributed by atoms with Crippen LogP contribution in [0.3, 0.4) is 0 Å².